The van der Waals surface area contributed by atoms with Gasteiger partial charge in [0.1, 0.15) is 5.78 Å². The summed E-state index contributed by atoms with van der Waals surface area (Å²) in [5.41, 5.74) is -1.40. The smallest absolute Gasteiger partial charge is 0.345 e. The Morgan fingerprint density at radius 1 is 1.21 bits per heavy atom. The summed E-state index contributed by atoms with van der Waals surface area (Å²) in [5, 5.41) is 0. The molecule has 2 aliphatic rings. The van der Waals surface area contributed by atoms with Gasteiger partial charge in [-0.3, -0.25) is 9.59 Å². The van der Waals surface area contributed by atoms with Gasteiger partial charge in [-0.1, -0.05) is 44.2 Å². The van der Waals surface area contributed by atoms with E-state index in [0.29, 0.717) is 12.8 Å². The minimum Gasteiger partial charge on any atom is -0.464 e. The average molecular weight is 422 g/mol. The molecular weight excluding hydrogens is 396 g/mol. The normalized spacial score (nSPS) is 26.3. The molecule has 8 heteroatoms. The number of hydrogen-bond acceptors (Lipinski definition) is 7. The molecule has 0 saturated heterocycles. The van der Waals surface area contributed by atoms with Gasteiger partial charge in [0.15, 0.2) is 0 Å². The number of ketones is 2. The number of fused-ring (bicyclic) bond motifs is 2. The van der Waals surface area contributed by atoms with Crippen LogP contribution in [0.25, 0.3) is 0 Å². The third-order valence-corrected chi connectivity index (χ3v) is 7.93. The van der Waals surface area contributed by atoms with Crippen LogP contribution in [0.5, 0.6) is 0 Å². The Balaban J connectivity index is 1.88. The summed E-state index contributed by atoms with van der Waals surface area (Å²) < 4.78 is 35.8. The molecule has 0 aliphatic heterocycles. The van der Waals surface area contributed by atoms with E-state index in [2.05, 4.69) is 0 Å². The van der Waals surface area contributed by atoms with Crippen molar-refractivity contribution < 1.29 is 31.7 Å². The molecule has 2 aliphatic carbocycles. The van der Waals surface area contributed by atoms with Crippen LogP contribution in [0.1, 0.15) is 50.4 Å². The molecule has 2 bridgehead atoms. The molecule has 0 aromatic heterocycles. The van der Waals surface area contributed by atoms with E-state index < -0.39 is 44.6 Å². The van der Waals surface area contributed by atoms with Crippen molar-refractivity contribution in [2.45, 2.75) is 46.1 Å². The number of carbonyl (C=O) groups excluding carboxylic acids is 3. The molecular formula is C21H26O7S. The first kappa shape index (κ1) is 21.6. The molecule has 158 valence electrons. The van der Waals surface area contributed by atoms with Crippen LogP contribution in [0, 0.1) is 16.7 Å². The molecule has 3 rings (SSSR count). The predicted octanol–water partition coefficient (Wildman–Crippen LogP) is 2.54. The van der Waals surface area contributed by atoms with Crippen molar-refractivity contribution in [3.8, 4) is 0 Å². The first-order valence-corrected chi connectivity index (χ1v) is 11.3. The Kier molecular flexibility index (Phi) is 5.71. The van der Waals surface area contributed by atoms with Crippen molar-refractivity contribution >= 4 is 27.7 Å². The van der Waals surface area contributed by atoms with E-state index >= 15 is 0 Å². The molecule has 3 atom stereocenters. The first-order valence-electron chi connectivity index (χ1n) is 9.74. The summed E-state index contributed by atoms with van der Waals surface area (Å²) in [7, 11) is -4.37. The van der Waals surface area contributed by atoms with Crippen LogP contribution in [0.4, 0.5) is 0 Å². The summed E-state index contributed by atoms with van der Waals surface area (Å²) in [6.07, 6.45) is -0.343. The lowest BCUT2D eigenvalue weighted by molar-refractivity contribution is -0.148. The number of Topliss-reactive ketones (excluding diaryl/α,β-unsaturated/α-hetero) is 2. The Labute approximate surface area is 170 Å². The van der Waals surface area contributed by atoms with Gasteiger partial charge in [-0.15, -0.1) is 0 Å². The molecule has 0 amide bonds. The van der Waals surface area contributed by atoms with E-state index in [1.54, 1.807) is 25.1 Å². The molecule has 0 spiro atoms. The minimum absolute atomic E-state index is 0.0298. The summed E-state index contributed by atoms with van der Waals surface area (Å²) in [4.78, 5) is 37.7. The van der Waals surface area contributed by atoms with E-state index in [-0.39, 0.29) is 23.9 Å². The topological polar surface area (TPSA) is 104 Å². The zero-order chi connectivity index (χ0) is 21.4. The summed E-state index contributed by atoms with van der Waals surface area (Å²) in [6, 6.07) is 7.82. The molecule has 29 heavy (non-hydrogen) atoms. The van der Waals surface area contributed by atoms with Gasteiger partial charge in [-0.2, -0.15) is 8.42 Å². The van der Waals surface area contributed by atoms with Gasteiger partial charge < -0.3 is 4.74 Å². The van der Waals surface area contributed by atoms with Crippen LogP contribution in [0.3, 0.4) is 0 Å². The maximum atomic E-state index is 12.9. The molecule has 1 aromatic carbocycles. The Hall–Kier alpha value is -2.06. The van der Waals surface area contributed by atoms with E-state index in [4.69, 9.17) is 8.92 Å². The minimum atomic E-state index is -4.37. The largest absolute Gasteiger partial charge is 0.464 e. The van der Waals surface area contributed by atoms with Crippen molar-refractivity contribution in [3.63, 3.8) is 0 Å². The molecule has 0 radical (unpaired) electrons. The lowest BCUT2D eigenvalue weighted by Gasteiger charge is -2.36. The molecule has 7 nitrogen and oxygen atoms in total. The van der Waals surface area contributed by atoms with E-state index in [1.165, 1.54) is 12.1 Å². The fourth-order valence-corrected chi connectivity index (χ4v) is 6.56. The van der Waals surface area contributed by atoms with Crippen LogP contribution < -0.4 is 0 Å². The number of benzene rings is 1. The summed E-state index contributed by atoms with van der Waals surface area (Å²) in [5.74, 6) is -2.36. The van der Waals surface area contributed by atoms with Crippen molar-refractivity contribution in [2.75, 3.05) is 12.4 Å². The molecule has 2 saturated carbocycles. The Bertz CT molecular complexity index is 920. The van der Waals surface area contributed by atoms with Gasteiger partial charge >= 0.3 is 5.97 Å². The SMILES string of the molecule is CCOC(=O)C(OS(=O)(=O)CC12CCC(CC1=O)C2(C)C)C(=O)c1ccccc1. The van der Waals surface area contributed by atoms with Crippen LogP contribution >= 0.6 is 0 Å². The Morgan fingerprint density at radius 2 is 1.86 bits per heavy atom. The van der Waals surface area contributed by atoms with Gasteiger partial charge in [0.05, 0.1) is 17.8 Å². The number of hydrogen-bond donors (Lipinski definition) is 0. The lowest BCUT2D eigenvalue weighted by Crippen LogP contribution is -2.45. The van der Waals surface area contributed by atoms with Gasteiger partial charge in [-0.25, -0.2) is 8.98 Å². The predicted molar refractivity (Wildman–Crippen MR) is 105 cm³/mol. The van der Waals surface area contributed by atoms with E-state index in [1.807, 2.05) is 13.8 Å². The maximum absolute atomic E-state index is 12.9. The number of esters is 1. The highest BCUT2D eigenvalue weighted by Gasteiger charge is 2.65. The van der Waals surface area contributed by atoms with Gasteiger partial charge in [0.2, 0.25) is 11.9 Å². The van der Waals surface area contributed by atoms with Crippen molar-refractivity contribution in [1.29, 1.82) is 0 Å². The van der Waals surface area contributed by atoms with Crippen molar-refractivity contribution in [1.82, 2.24) is 0 Å². The molecule has 0 N–H and O–H groups in total. The quantitative estimate of drug-likeness (QED) is 0.274. The lowest BCUT2D eigenvalue weighted by atomic mass is 9.70. The van der Waals surface area contributed by atoms with Crippen molar-refractivity contribution in [3.05, 3.63) is 35.9 Å². The Morgan fingerprint density at radius 3 is 2.38 bits per heavy atom. The number of ether oxygens (including phenoxy) is 1. The summed E-state index contributed by atoms with van der Waals surface area (Å²) in [6.45, 7) is 5.33. The highest BCUT2D eigenvalue weighted by Crippen LogP contribution is 2.64. The second-order valence-electron chi connectivity index (χ2n) is 8.33. The number of carbonyl (C=O) groups is 3. The monoisotopic (exact) mass is 422 g/mol. The van der Waals surface area contributed by atoms with Crippen LogP contribution in [0.2, 0.25) is 0 Å². The fourth-order valence-electron chi connectivity index (χ4n) is 4.75. The second-order valence-corrected chi connectivity index (χ2v) is 9.92. The van der Waals surface area contributed by atoms with Gasteiger partial charge in [0, 0.05) is 12.0 Å². The fraction of sp³-hybridized carbons (Fsp3) is 0.571. The van der Waals surface area contributed by atoms with Gasteiger partial charge in [-0.05, 0) is 31.1 Å². The van der Waals surface area contributed by atoms with Crippen molar-refractivity contribution in [2.24, 2.45) is 16.7 Å². The highest BCUT2D eigenvalue weighted by atomic mass is 32.2. The molecule has 1 aromatic rings. The highest BCUT2D eigenvalue weighted by molar-refractivity contribution is 7.86. The zero-order valence-electron chi connectivity index (χ0n) is 16.8. The third-order valence-electron chi connectivity index (χ3n) is 6.60. The maximum Gasteiger partial charge on any atom is 0.345 e. The first-order chi connectivity index (χ1) is 13.5. The standard InChI is InChI=1S/C21H26O7S/c1-4-27-19(24)18(17(23)14-8-6-5-7-9-14)28-29(25,26)13-21-11-10-15(12-16(21)22)20(21,2)3/h5-9,15,18H,4,10-13H2,1-3H3. The third kappa shape index (κ3) is 3.75. The zero-order valence-corrected chi connectivity index (χ0v) is 17.7. The van der Waals surface area contributed by atoms with E-state index in [0.717, 1.165) is 6.42 Å². The van der Waals surface area contributed by atoms with Crippen LogP contribution in [-0.2, 0) is 28.6 Å². The second kappa shape index (κ2) is 7.65. The van der Waals surface area contributed by atoms with Crippen LogP contribution in [0.15, 0.2) is 30.3 Å². The molecule has 2 fully saturated rings. The van der Waals surface area contributed by atoms with E-state index in [9.17, 15) is 22.8 Å². The molecule has 3 unspecified atom stereocenters. The van der Waals surface area contributed by atoms with Gasteiger partial charge in [0.25, 0.3) is 10.1 Å². The molecule has 0 heterocycles. The average Bonchev–Trinajstić information content (AvgIpc) is 3.00. The summed E-state index contributed by atoms with van der Waals surface area (Å²) >= 11 is 0. The number of rotatable bonds is 8. The van der Waals surface area contributed by atoms with Crippen LogP contribution in [-0.4, -0.2) is 44.4 Å².